The Morgan fingerprint density at radius 2 is 1.96 bits per heavy atom. The van der Waals surface area contributed by atoms with Crippen LogP contribution in [0.15, 0.2) is 42.7 Å². The van der Waals surface area contributed by atoms with Gasteiger partial charge >= 0.3 is 0 Å². The van der Waals surface area contributed by atoms with E-state index in [1.165, 1.54) is 0 Å². The first-order valence-corrected chi connectivity index (χ1v) is 8.22. The summed E-state index contributed by atoms with van der Waals surface area (Å²) in [6.07, 6.45) is 5.32. The van der Waals surface area contributed by atoms with Crippen molar-refractivity contribution in [2.45, 2.75) is 18.9 Å². The van der Waals surface area contributed by atoms with Crippen molar-refractivity contribution < 1.29 is 4.79 Å². The average Bonchev–Trinajstić information content (AvgIpc) is 3.06. The van der Waals surface area contributed by atoms with Gasteiger partial charge < -0.3 is 15.6 Å². The average molecular weight is 321 g/mol. The number of benzene rings is 1. The smallest absolute Gasteiger partial charge is 0.255 e. The molecule has 1 fully saturated rings. The molecule has 0 radical (unpaired) electrons. The Balaban J connectivity index is 1.64. The molecule has 3 aromatic rings. The second kappa shape index (κ2) is 6.41. The number of carbonyl (C=O) groups is 1. The number of H-pyrrole nitrogens is 1. The molecule has 0 spiro atoms. The molecular formula is C18H19N5O. The predicted octanol–water partition coefficient (Wildman–Crippen LogP) is 2.11. The second-order valence-corrected chi connectivity index (χ2v) is 6.02. The highest BCUT2D eigenvalue weighted by molar-refractivity contribution is 6.04. The van der Waals surface area contributed by atoms with Crippen molar-refractivity contribution in [3.05, 3.63) is 48.3 Å². The molecule has 24 heavy (non-hydrogen) atoms. The van der Waals surface area contributed by atoms with E-state index in [1.807, 2.05) is 30.3 Å². The van der Waals surface area contributed by atoms with E-state index in [0.717, 1.165) is 37.2 Å². The highest BCUT2D eigenvalue weighted by atomic mass is 16.1. The third kappa shape index (κ3) is 2.88. The third-order valence-corrected chi connectivity index (χ3v) is 4.37. The Kier molecular flexibility index (Phi) is 3.96. The molecule has 0 saturated carbocycles. The summed E-state index contributed by atoms with van der Waals surface area (Å²) in [7, 11) is 0. The minimum Gasteiger partial charge on any atom is -0.349 e. The molecule has 6 nitrogen and oxygen atoms in total. The van der Waals surface area contributed by atoms with Crippen molar-refractivity contribution in [2.75, 3.05) is 13.1 Å². The van der Waals surface area contributed by atoms with Gasteiger partial charge in [-0.2, -0.15) is 0 Å². The van der Waals surface area contributed by atoms with Crippen LogP contribution in [0.5, 0.6) is 0 Å². The van der Waals surface area contributed by atoms with Gasteiger partial charge in [-0.05, 0) is 25.9 Å². The van der Waals surface area contributed by atoms with E-state index < -0.39 is 0 Å². The summed E-state index contributed by atoms with van der Waals surface area (Å²) in [6.45, 7) is 1.88. The van der Waals surface area contributed by atoms with E-state index in [4.69, 9.17) is 0 Å². The van der Waals surface area contributed by atoms with Crippen LogP contribution in [0.4, 0.5) is 0 Å². The second-order valence-electron chi connectivity index (χ2n) is 6.02. The number of nitrogens with one attached hydrogen (secondary N) is 3. The predicted molar refractivity (Wildman–Crippen MR) is 92.7 cm³/mol. The maximum absolute atomic E-state index is 12.6. The van der Waals surface area contributed by atoms with Gasteiger partial charge in [0, 0.05) is 17.8 Å². The minimum atomic E-state index is -0.0901. The van der Waals surface area contributed by atoms with Crippen LogP contribution in [-0.2, 0) is 0 Å². The van der Waals surface area contributed by atoms with Crippen LogP contribution in [0.1, 0.15) is 23.2 Å². The summed E-state index contributed by atoms with van der Waals surface area (Å²) < 4.78 is 0. The lowest BCUT2D eigenvalue weighted by Gasteiger charge is -2.23. The molecule has 0 aliphatic carbocycles. The Hall–Kier alpha value is -2.73. The summed E-state index contributed by atoms with van der Waals surface area (Å²) in [5.41, 5.74) is 3.54. The van der Waals surface area contributed by atoms with Crippen molar-refractivity contribution in [3.63, 3.8) is 0 Å². The van der Waals surface area contributed by atoms with Crippen LogP contribution < -0.4 is 10.6 Å². The van der Waals surface area contributed by atoms with E-state index >= 15 is 0 Å². The Labute approximate surface area is 139 Å². The molecule has 6 heteroatoms. The Morgan fingerprint density at radius 3 is 2.75 bits per heavy atom. The zero-order chi connectivity index (χ0) is 16.4. The quantitative estimate of drug-likeness (QED) is 0.690. The van der Waals surface area contributed by atoms with Gasteiger partial charge in [-0.25, -0.2) is 9.97 Å². The first-order valence-electron chi connectivity index (χ1n) is 8.22. The summed E-state index contributed by atoms with van der Waals surface area (Å²) in [6, 6.07) is 10.1. The van der Waals surface area contributed by atoms with Gasteiger partial charge in [-0.15, -0.1) is 0 Å². The number of rotatable bonds is 3. The van der Waals surface area contributed by atoms with Crippen molar-refractivity contribution in [1.29, 1.82) is 0 Å². The molecule has 3 N–H and O–H groups in total. The number of fused-ring (bicyclic) bond motifs is 1. The van der Waals surface area contributed by atoms with E-state index in [2.05, 4.69) is 25.6 Å². The number of hydrogen-bond acceptors (Lipinski definition) is 4. The molecule has 3 heterocycles. The van der Waals surface area contributed by atoms with Gasteiger partial charge in [-0.1, -0.05) is 30.3 Å². The molecule has 4 rings (SSSR count). The highest BCUT2D eigenvalue weighted by Gasteiger charge is 2.20. The molecule has 1 aliphatic rings. The number of aromatic amines is 1. The van der Waals surface area contributed by atoms with Gasteiger partial charge in [0.15, 0.2) is 5.65 Å². The maximum Gasteiger partial charge on any atom is 0.255 e. The Morgan fingerprint density at radius 1 is 1.17 bits per heavy atom. The molecule has 0 atom stereocenters. The normalized spacial score (nSPS) is 15.5. The van der Waals surface area contributed by atoms with Crippen molar-refractivity contribution >= 4 is 17.1 Å². The van der Waals surface area contributed by atoms with Crippen molar-refractivity contribution in [2.24, 2.45) is 0 Å². The molecule has 2 aromatic heterocycles. The standard InChI is InChI=1S/C18H19N5O/c24-18(22-13-6-8-19-9-7-13)14-10-20-17-16(14)23-15(11-21-17)12-4-2-1-3-5-12/h1-5,10-11,13,19H,6-9H2,(H,20,21)(H,22,24). The number of aromatic nitrogens is 3. The number of nitrogens with zero attached hydrogens (tertiary/aromatic N) is 2. The van der Waals surface area contributed by atoms with Gasteiger partial charge in [-0.3, -0.25) is 4.79 Å². The lowest BCUT2D eigenvalue weighted by Crippen LogP contribution is -2.42. The van der Waals surface area contributed by atoms with E-state index in [-0.39, 0.29) is 11.9 Å². The van der Waals surface area contributed by atoms with E-state index in [1.54, 1.807) is 12.4 Å². The highest BCUT2D eigenvalue weighted by Crippen LogP contribution is 2.21. The molecular weight excluding hydrogens is 302 g/mol. The zero-order valence-corrected chi connectivity index (χ0v) is 13.2. The van der Waals surface area contributed by atoms with Crippen molar-refractivity contribution in [3.8, 4) is 11.3 Å². The summed E-state index contributed by atoms with van der Waals surface area (Å²) in [5.74, 6) is -0.0901. The molecule has 1 amide bonds. The van der Waals surface area contributed by atoms with Crippen LogP contribution in [-0.4, -0.2) is 40.0 Å². The number of amides is 1. The van der Waals surface area contributed by atoms with E-state index in [9.17, 15) is 4.79 Å². The van der Waals surface area contributed by atoms with Crippen LogP contribution in [0.25, 0.3) is 22.4 Å². The fourth-order valence-corrected chi connectivity index (χ4v) is 3.04. The summed E-state index contributed by atoms with van der Waals surface area (Å²) >= 11 is 0. The van der Waals surface area contributed by atoms with Crippen LogP contribution in [0.2, 0.25) is 0 Å². The fourth-order valence-electron chi connectivity index (χ4n) is 3.04. The van der Waals surface area contributed by atoms with Crippen LogP contribution in [0.3, 0.4) is 0 Å². The SMILES string of the molecule is O=C(NC1CCNCC1)c1c[nH]c2ncc(-c3ccccc3)nc12. The number of carbonyl (C=O) groups excluding carboxylic acids is 1. The summed E-state index contributed by atoms with van der Waals surface area (Å²) in [4.78, 5) is 24.7. The molecule has 1 aliphatic heterocycles. The van der Waals surface area contributed by atoms with Crippen molar-refractivity contribution in [1.82, 2.24) is 25.6 Å². The Bertz CT molecular complexity index is 852. The molecule has 1 saturated heterocycles. The molecule has 0 unspecified atom stereocenters. The van der Waals surface area contributed by atoms with Gasteiger partial charge in [0.25, 0.3) is 5.91 Å². The molecule has 0 bridgehead atoms. The zero-order valence-electron chi connectivity index (χ0n) is 13.2. The minimum absolute atomic E-state index is 0.0901. The van der Waals surface area contributed by atoms with Gasteiger partial charge in [0.1, 0.15) is 5.52 Å². The maximum atomic E-state index is 12.6. The van der Waals surface area contributed by atoms with Gasteiger partial charge in [0.05, 0.1) is 17.5 Å². The fraction of sp³-hybridized carbons (Fsp3) is 0.278. The monoisotopic (exact) mass is 321 g/mol. The van der Waals surface area contributed by atoms with Crippen LogP contribution in [0, 0.1) is 0 Å². The molecule has 1 aromatic carbocycles. The molecule has 122 valence electrons. The third-order valence-electron chi connectivity index (χ3n) is 4.37. The van der Waals surface area contributed by atoms with Crippen LogP contribution >= 0.6 is 0 Å². The lowest BCUT2D eigenvalue weighted by atomic mass is 10.1. The summed E-state index contributed by atoms with van der Waals surface area (Å²) in [5, 5.41) is 6.40. The largest absolute Gasteiger partial charge is 0.349 e. The first kappa shape index (κ1) is 14.8. The first-order chi connectivity index (χ1) is 11.8. The topological polar surface area (TPSA) is 82.7 Å². The van der Waals surface area contributed by atoms with Gasteiger partial charge in [0.2, 0.25) is 0 Å². The number of piperidine rings is 1. The van der Waals surface area contributed by atoms with E-state index in [0.29, 0.717) is 16.7 Å². The lowest BCUT2D eigenvalue weighted by molar-refractivity contribution is 0.0931. The number of hydrogen-bond donors (Lipinski definition) is 3.